The summed E-state index contributed by atoms with van der Waals surface area (Å²) in [7, 11) is 0. The number of terminal acetylenes is 1. The number of anilines is 1. The van der Waals surface area contributed by atoms with E-state index in [4.69, 9.17) is 10.8 Å². The molecular weight excluding hydrogens is 288 g/mol. The highest BCUT2D eigenvalue weighted by Crippen LogP contribution is 2.34. The van der Waals surface area contributed by atoms with Crippen molar-refractivity contribution in [3.63, 3.8) is 0 Å². The van der Waals surface area contributed by atoms with Crippen molar-refractivity contribution in [3.8, 4) is 12.3 Å². The molecule has 4 rings (SSSR count). The van der Waals surface area contributed by atoms with Crippen LogP contribution in [0.25, 0.3) is 11.0 Å². The van der Waals surface area contributed by atoms with Crippen LogP contribution in [0.3, 0.4) is 0 Å². The van der Waals surface area contributed by atoms with Crippen LogP contribution in [-0.4, -0.2) is 17.4 Å². The predicted octanol–water partition coefficient (Wildman–Crippen LogP) is 3.63. The lowest BCUT2D eigenvalue weighted by Crippen LogP contribution is -2.42. The van der Waals surface area contributed by atoms with Gasteiger partial charge in [-0.15, -0.1) is 6.42 Å². The molecule has 1 atom stereocenters. The van der Waals surface area contributed by atoms with Gasteiger partial charge in [-0.1, -0.05) is 36.3 Å². The van der Waals surface area contributed by atoms with E-state index in [1.54, 1.807) is 11.0 Å². The van der Waals surface area contributed by atoms with E-state index in [1.165, 1.54) is 0 Å². The molecule has 3 aromatic rings. The van der Waals surface area contributed by atoms with Crippen LogP contribution in [0.4, 0.5) is 5.69 Å². The largest absolute Gasteiger partial charge is 0.457 e. The smallest absolute Gasteiger partial charge is 0.258 e. The van der Waals surface area contributed by atoms with Crippen LogP contribution in [0.1, 0.15) is 22.3 Å². The zero-order valence-corrected chi connectivity index (χ0v) is 12.3. The van der Waals surface area contributed by atoms with Gasteiger partial charge in [-0.25, -0.2) is 0 Å². The van der Waals surface area contributed by atoms with Crippen LogP contribution < -0.4 is 5.32 Å². The van der Waals surface area contributed by atoms with E-state index in [0.717, 1.165) is 16.7 Å². The third-order valence-electron chi connectivity index (χ3n) is 4.00. The molecule has 1 aliphatic heterocycles. The van der Waals surface area contributed by atoms with Crippen LogP contribution in [0.15, 0.2) is 59.0 Å². The quantitative estimate of drug-likeness (QED) is 0.735. The maximum atomic E-state index is 12.8. The number of carbonyl (C=O) groups excluding carboxylic acids is 1. The summed E-state index contributed by atoms with van der Waals surface area (Å²) in [5.74, 6) is 3.13. The number of hydrogen-bond acceptors (Lipinski definition) is 3. The van der Waals surface area contributed by atoms with Crippen molar-refractivity contribution >= 4 is 22.6 Å². The van der Waals surface area contributed by atoms with Crippen molar-refractivity contribution in [3.05, 3.63) is 65.9 Å². The monoisotopic (exact) mass is 302 g/mol. The number of carbonyl (C=O) groups is 1. The lowest BCUT2D eigenvalue weighted by atomic mass is 10.1. The Morgan fingerprint density at radius 3 is 2.78 bits per heavy atom. The highest BCUT2D eigenvalue weighted by molar-refractivity contribution is 6.01. The summed E-state index contributed by atoms with van der Waals surface area (Å²) < 4.78 is 5.92. The van der Waals surface area contributed by atoms with Crippen molar-refractivity contribution in [1.29, 1.82) is 0 Å². The molecule has 0 fully saturated rings. The molecule has 0 bridgehead atoms. The zero-order valence-electron chi connectivity index (χ0n) is 12.3. The van der Waals surface area contributed by atoms with Gasteiger partial charge in [-0.3, -0.25) is 4.79 Å². The van der Waals surface area contributed by atoms with Crippen LogP contribution in [0.5, 0.6) is 0 Å². The summed E-state index contributed by atoms with van der Waals surface area (Å²) >= 11 is 0. The molecule has 1 aliphatic rings. The molecule has 2 aromatic carbocycles. The molecule has 0 saturated carbocycles. The van der Waals surface area contributed by atoms with Crippen molar-refractivity contribution in [2.45, 2.75) is 6.17 Å². The standard InChI is InChI=1S/C19H14N2O2/c1-2-11-21-18(17-12-13-7-3-6-10-16(13)23-17)20-15-9-5-4-8-14(15)19(21)22/h1,3-10,12,18,20H,11H2. The Hall–Kier alpha value is -3.19. The molecular formula is C19H14N2O2. The predicted molar refractivity (Wildman–Crippen MR) is 88.9 cm³/mol. The maximum Gasteiger partial charge on any atom is 0.258 e. The van der Waals surface area contributed by atoms with Gasteiger partial charge in [-0.2, -0.15) is 0 Å². The van der Waals surface area contributed by atoms with E-state index < -0.39 is 6.17 Å². The van der Waals surface area contributed by atoms with Gasteiger partial charge in [0.05, 0.1) is 12.1 Å². The highest BCUT2D eigenvalue weighted by atomic mass is 16.3. The molecule has 1 amide bonds. The van der Waals surface area contributed by atoms with Gasteiger partial charge in [0.25, 0.3) is 5.91 Å². The molecule has 1 unspecified atom stereocenters. The number of rotatable bonds is 2. The summed E-state index contributed by atoms with van der Waals surface area (Å²) in [6.07, 6.45) is 5.04. The first-order valence-corrected chi connectivity index (χ1v) is 7.36. The van der Waals surface area contributed by atoms with Crippen LogP contribution in [0.2, 0.25) is 0 Å². The Morgan fingerprint density at radius 2 is 1.96 bits per heavy atom. The average Bonchev–Trinajstić information content (AvgIpc) is 3.01. The Balaban J connectivity index is 1.82. The van der Waals surface area contributed by atoms with Gasteiger partial charge in [0.1, 0.15) is 11.3 Å². The molecule has 0 radical (unpaired) electrons. The number of fused-ring (bicyclic) bond motifs is 2. The zero-order chi connectivity index (χ0) is 15.8. The SMILES string of the molecule is C#CCN1C(=O)c2ccccc2NC1c1cc2ccccc2o1. The number of furan rings is 1. The van der Waals surface area contributed by atoms with Gasteiger partial charge in [0, 0.05) is 11.1 Å². The number of para-hydroxylation sites is 2. The normalized spacial score (nSPS) is 16.7. The summed E-state index contributed by atoms with van der Waals surface area (Å²) in [5.41, 5.74) is 2.20. The molecule has 1 aromatic heterocycles. The van der Waals surface area contributed by atoms with Gasteiger partial charge < -0.3 is 14.6 Å². The molecule has 2 heterocycles. The molecule has 4 heteroatoms. The second kappa shape index (κ2) is 5.22. The van der Waals surface area contributed by atoms with Crippen LogP contribution in [-0.2, 0) is 0 Å². The Kier molecular flexibility index (Phi) is 3.06. The highest BCUT2D eigenvalue weighted by Gasteiger charge is 2.34. The van der Waals surface area contributed by atoms with Crippen molar-refractivity contribution < 1.29 is 9.21 Å². The number of benzene rings is 2. The first kappa shape index (κ1) is 13.5. The van der Waals surface area contributed by atoms with Gasteiger partial charge >= 0.3 is 0 Å². The first-order valence-electron chi connectivity index (χ1n) is 7.36. The van der Waals surface area contributed by atoms with Crippen molar-refractivity contribution in [2.24, 2.45) is 0 Å². The van der Waals surface area contributed by atoms with Gasteiger partial charge in [0.15, 0.2) is 6.17 Å². The van der Waals surface area contributed by atoms with Crippen molar-refractivity contribution in [1.82, 2.24) is 4.90 Å². The molecule has 0 spiro atoms. The molecule has 1 N–H and O–H groups in total. The fourth-order valence-electron chi connectivity index (χ4n) is 2.92. The van der Waals surface area contributed by atoms with Gasteiger partial charge in [-0.05, 0) is 24.3 Å². The lowest BCUT2D eigenvalue weighted by molar-refractivity contribution is 0.0694. The fourth-order valence-corrected chi connectivity index (χ4v) is 2.92. The molecule has 4 nitrogen and oxygen atoms in total. The minimum Gasteiger partial charge on any atom is -0.457 e. The Morgan fingerprint density at radius 1 is 1.17 bits per heavy atom. The minimum atomic E-state index is -0.416. The third-order valence-corrected chi connectivity index (χ3v) is 4.00. The molecule has 112 valence electrons. The number of hydrogen-bond donors (Lipinski definition) is 1. The second-order valence-electron chi connectivity index (χ2n) is 5.42. The molecule has 0 aliphatic carbocycles. The van der Waals surface area contributed by atoms with E-state index in [-0.39, 0.29) is 12.5 Å². The maximum absolute atomic E-state index is 12.8. The minimum absolute atomic E-state index is 0.0947. The van der Waals surface area contributed by atoms with Crippen LogP contribution >= 0.6 is 0 Å². The second-order valence-corrected chi connectivity index (χ2v) is 5.42. The van der Waals surface area contributed by atoms with Crippen LogP contribution in [0, 0.1) is 12.3 Å². The van der Waals surface area contributed by atoms with Crippen molar-refractivity contribution in [2.75, 3.05) is 11.9 Å². The molecule has 23 heavy (non-hydrogen) atoms. The van der Waals surface area contributed by atoms with Gasteiger partial charge in [0.2, 0.25) is 0 Å². The third kappa shape index (κ3) is 2.14. The van der Waals surface area contributed by atoms with E-state index in [9.17, 15) is 4.79 Å². The summed E-state index contributed by atoms with van der Waals surface area (Å²) in [5, 5.41) is 4.35. The average molecular weight is 302 g/mol. The number of nitrogens with one attached hydrogen (secondary N) is 1. The van der Waals surface area contributed by atoms with E-state index in [2.05, 4.69) is 11.2 Å². The Bertz CT molecular complexity index is 903. The summed E-state index contributed by atoms with van der Waals surface area (Å²) in [6, 6.07) is 17.1. The van der Waals surface area contributed by atoms with E-state index >= 15 is 0 Å². The number of amides is 1. The van der Waals surface area contributed by atoms with E-state index in [1.807, 2.05) is 48.5 Å². The first-order chi connectivity index (χ1) is 11.3. The summed E-state index contributed by atoms with van der Waals surface area (Å²) in [6.45, 7) is 0.210. The topological polar surface area (TPSA) is 45.5 Å². The lowest BCUT2D eigenvalue weighted by Gasteiger charge is -2.35. The fraction of sp³-hybridized carbons (Fsp3) is 0.105. The summed E-state index contributed by atoms with van der Waals surface area (Å²) in [4.78, 5) is 14.4. The molecule has 0 saturated heterocycles. The number of nitrogens with zero attached hydrogens (tertiary/aromatic N) is 1. The van der Waals surface area contributed by atoms with E-state index in [0.29, 0.717) is 11.3 Å². The Labute approximate surface area is 133 Å².